The number of nitrogens with zero attached hydrogens (tertiary/aromatic N) is 2. The molecule has 9 heteroatoms. The average molecular weight is 448 g/mol. The van der Waals surface area contributed by atoms with Gasteiger partial charge in [-0.15, -0.1) is 0 Å². The van der Waals surface area contributed by atoms with Crippen LogP contribution < -0.4 is 10.6 Å². The third-order valence-electron chi connectivity index (χ3n) is 7.10. The molecule has 2 atom stereocenters. The predicted octanol–water partition coefficient (Wildman–Crippen LogP) is 2.74. The van der Waals surface area contributed by atoms with E-state index in [1.54, 1.807) is 6.07 Å². The van der Waals surface area contributed by atoms with Crippen LogP contribution >= 0.6 is 0 Å². The third kappa shape index (κ3) is 3.57. The van der Waals surface area contributed by atoms with E-state index < -0.39 is 28.1 Å². The maximum Gasteiger partial charge on any atom is 0.271 e. The van der Waals surface area contributed by atoms with Gasteiger partial charge in [0.25, 0.3) is 5.69 Å². The van der Waals surface area contributed by atoms with Gasteiger partial charge in [0, 0.05) is 29.9 Å². The number of fused-ring (bicyclic) bond motifs is 3. The van der Waals surface area contributed by atoms with Gasteiger partial charge in [0.15, 0.2) is 0 Å². The lowest BCUT2D eigenvalue weighted by atomic mass is 9.64. The molecule has 1 aromatic heterocycles. The molecule has 170 valence electrons. The molecule has 1 aliphatic heterocycles. The molecule has 2 heterocycles. The van der Waals surface area contributed by atoms with E-state index in [4.69, 9.17) is 4.98 Å². The zero-order valence-electron chi connectivity index (χ0n) is 18.1. The highest BCUT2D eigenvalue weighted by molar-refractivity contribution is 6.12. The molecule has 1 aromatic carbocycles. The molecule has 1 spiro atoms. The maximum atomic E-state index is 13.2. The SMILES string of the molecule is O=C(C[C@@H]1C(=O)NC(=O)[C@]12CCCc1cc3c(nc12)CCCC3)Nc1cccc([N+](=O)[O-])c1. The molecule has 0 radical (unpaired) electrons. The van der Waals surface area contributed by atoms with Crippen LogP contribution in [0.25, 0.3) is 0 Å². The maximum absolute atomic E-state index is 13.2. The molecule has 3 aliphatic rings. The van der Waals surface area contributed by atoms with Crippen LogP contribution in [-0.2, 0) is 39.1 Å². The monoisotopic (exact) mass is 448 g/mol. The van der Waals surface area contributed by atoms with Crippen LogP contribution in [0.5, 0.6) is 0 Å². The number of rotatable bonds is 4. The van der Waals surface area contributed by atoms with Crippen molar-refractivity contribution in [3.63, 3.8) is 0 Å². The van der Waals surface area contributed by atoms with Gasteiger partial charge in [-0.3, -0.25) is 34.8 Å². The molecule has 2 aliphatic carbocycles. The van der Waals surface area contributed by atoms with Crippen molar-refractivity contribution in [2.75, 3.05) is 5.32 Å². The number of hydrogen-bond donors (Lipinski definition) is 2. The Morgan fingerprint density at radius 3 is 2.76 bits per heavy atom. The highest BCUT2D eigenvalue weighted by Gasteiger charge is 2.59. The molecular weight excluding hydrogens is 424 g/mol. The lowest BCUT2D eigenvalue weighted by Gasteiger charge is -2.37. The van der Waals surface area contributed by atoms with Gasteiger partial charge in [0.05, 0.1) is 16.5 Å². The van der Waals surface area contributed by atoms with E-state index in [1.807, 2.05) is 0 Å². The van der Waals surface area contributed by atoms with Crippen molar-refractivity contribution in [2.24, 2.45) is 5.92 Å². The Labute approximate surface area is 190 Å². The van der Waals surface area contributed by atoms with Crippen LogP contribution in [0, 0.1) is 16.0 Å². The fourth-order valence-corrected chi connectivity index (χ4v) is 5.55. The first-order valence-corrected chi connectivity index (χ1v) is 11.3. The molecule has 1 fully saturated rings. The van der Waals surface area contributed by atoms with E-state index in [9.17, 15) is 24.5 Å². The van der Waals surface area contributed by atoms with Gasteiger partial charge < -0.3 is 5.32 Å². The summed E-state index contributed by atoms with van der Waals surface area (Å²) in [6.07, 6.45) is 5.78. The number of hydrogen-bond acceptors (Lipinski definition) is 6. The van der Waals surface area contributed by atoms with Crippen molar-refractivity contribution < 1.29 is 19.3 Å². The molecule has 0 saturated carbocycles. The Bertz CT molecular complexity index is 1190. The molecule has 1 saturated heterocycles. The van der Waals surface area contributed by atoms with Crippen molar-refractivity contribution >= 4 is 29.1 Å². The second kappa shape index (κ2) is 8.06. The van der Waals surface area contributed by atoms with Crippen molar-refractivity contribution in [2.45, 2.75) is 56.8 Å². The van der Waals surface area contributed by atoms with Crippen LogP contribution in [0.4, 0.5) is 11.4 Å². The summed E-state index contributed by atoms with van der Waals surface area (Å²) < 4.78 is 0. The van der Waals surface area contributed by atoms with Crippen LogP contribution in [0.1, 0.15) is 54.6 Å². The summed E-state index contributed by atoms with van der Waals surface area (Å²) in [6.45, 7) is 0. The van der Waals surface area contributed by atoms with Gasteiger partial charge in [-0.25, -0.2) is 0 Å². The highest BCUT2D eigenvalue weighted by Crippen LogP contribution is 2.47. The number of carbonyl (C=O) groups excluding carboxylic acids is 3. The van der Waals surface area contributed by atoms with Crippen LogP contribution in [0.2, 0.25) is 0 Å². The Morgan fingerprint density at radius 1 is 1.15 bits per heavy atom. The zero-order valence-corrected chi connectivity index (χ0v) is 18.1. The van der Waals surface area contributed by atoms with E-state index in [2.05, 4.69) is 16.7 Å². The number of aromatic nitrogens is 1. The summed E-state index contributed by atoms with van der Waals surface area (Å²) in [5, 5.41) is 16.1. The van der Waals surface area contributed by atoms with Gasteiger partial charge in [-0.1, -0.05) is 12.1 Å². The van der Waals surface area contributed by atoms with Gasteiger partial charge >= 0.3 is 0 Å². The Hall–Kier alpha value is -3.62. The minimum Gasteiger partial charge on any atom is -0.326 e. The average Bonchev–Trinajstić information content (AvgIpc) is 3.02. The molecule has 3 amide bonds. The summed E-state index contributed by atoms with van der Waals surface area (Å²) >= 11 is 0. The first kappa shape index (κ1) is 21.2. The first-order valence-electron chi connectivity index (χ1n) is 11.3. The topological polar surface area (TPSA) is 131 Å². The first-order chi connectivity index (χ1) is 15.9. The van der Waals surface area contributed by atoms with E-state index in [1.165, 1.54) is 23.8 Å². The van der Waals surface area contributed by atoms with Gasteiger partial charge in [-0.05, 0) is 62.1 Å². The van der Waals surface area contributed by atoms with E-state index >= 15 is 0 Å². The second-order valence-electron chi connectivity index (χ2n) is 9.06. The molecule has 2 N–H and O–H groups in total. The quantitative estimate of drug-likeness (QED) is 0.420. The second-order valence-corrected chi connectivity index (χ2v) is 9.06. The summed E-state index contributed by atoms with van der Waals surface area (Å²) in [5.74, 6) is -2.21. The molecular formula is C24H24N4O5. The van der Waals surface area contributed by atoms with E-state index in [0.29, 0.717) is 12.1 Å². The number of anilines is 1. The van der Waals surface area contributed by atoms with Crippen molar-refractivity contribution in [1.29, 1.82) is 0 Å². The Morgan fingerprint density at radius 2 is 1.94 bits per heavy atom. The van der Waals surface area contributed by atoms with E-state index in [-0.39, 0.29) is 23.7 Å². The molecule has 0 bridgehead atoms. The number of imide groups is 1. The van der Waals surface area contributed by atoms with E-state index in [0.717, 1.165) is 49.8 Å². The summed E-state index contributed by atoms with van der Waals surface area (Å²) in [7, 11) is 0. The zero-order chi connectivity index (χ0) is 23.2. The highest BCUT2D eigenvalue weighted by atomic mass is 16.6. The Kier molecular flexibility index (Phi) is 5.19. The molecule has 2 aromatic rings. The van der Waals surface area contributed by atoms with Crippen LogP contribution in [-0.4, -0.2) is 27.6 Å². The van der Waals surface area contributed by atoms with Crippen molar-refractivity contribution in [1.82, 2.24) is 10.3 Å². The fourth-order valence-electron chi connectivity index (χ4n) is 5.55. The number of nitrogens with one attached hydrogen (secondary N) is 2. The lowest BCUT2D eigenvalue weighted by molar-refractivity contribution is -0.384. The molecule has 5 rings (SSSR count). The number of non-ortho nitro benzene ring substituents is 1. The number of benzene rings is 1. The summed E-state index contributed by atoms with van der Waals surface area (Å²) in [6, 6.07) is 7.76. The number of nitro groups is 1. The van der Waals surface area contributed by atoms with Crippen LogP contribution in [0.3, 0.4) is 0 Å². The predicted molar refractivity (Wildman–Crippen MR) is 118 cm³/mol. The summed E-state index contributed by atoms with van der Waals surface area (Å²) in [5.41, 5.74) is 2.83. The molecule has 9 nitrogen and oxygen atoms in total. The number of amides is 3. The number of nitro benzene ring substituents is 1. The number of carbonyl (C=O) groups is 3. The fraction of sp³-hybridized carbons (Fsp3) is 0.417. The minimum absolute atomic E-state index is 0.145. The normalized spacial score (nSPS) is 23.6. The molecule has 33 heavy (non-hydrogen) atoms. The summed E-state index contributed by atoms with van der Waals surface area (Å²) in [4.78, 5) is 54.3. The number of pyridine rings is 1. The third-order valence-corrected chi connectivity index (χ3v) is 7.10. The standard InChI is InChI=1S/C24H24N4O5/c29-20(25-16-7-3-8-17(12-16)28(32)33)13-18-22(30)27-23(31)24(18)10-4-6-15-11-14-5-1-2-9-19(14)26-21(15)24/h3,7-8,11-12,18H,1-2,4-6,9-10,13H2,(H,25,29)(H,27,30,31)/t18-,24-/m1/s1. The van der Waals surface area contributed by atoms with Gasteiger partial charge in [-0.2, -0.15) is 0 Å². The van der Waals surface area contributed by atoms with Crippen LogP contribution in [0.15, 0.2) is 30.3 Å². The largest absolute Gasteiger partial charge is 0.326 e. The van der Waals surface area contributed by atoms with Crippen molar-refractivity contribution in [3.8, 4) is 0 Å². The van der Waals surface area contributed by atoms with Gasteiger partial charge in [0.1, 0.15) is 5.41 Å². The van der Waals surface area contributed by atoms with Gasteiger partial charge in [0.2, 0.25) is 17.7 Å². The minimum atomic E-state index is -1.16. The smallest absolute Gasteiger partial charge is 0.271 e. The molecule has 0 unspecified atom stereocenters. The Balaban J connectivity index is 1.47. The van der Waals surface area contributed by atoms with Crippen molar-refractivity contribution in [3.05, 3.63) is 63.0 Å². The lowest BCUT2D eigenvalue weighted by Crippen LogP contribution is -2.45. The number of aryl methyl sites for hydroxylation is 3.